The zero-order valence-corrected chi connectivity index (χ0v) is 15.3. The van der Waals surface area contributed by atoms with Gasteiger partial charge in [-0.05, 0) is 18.1 Å². The Labute approximate surface area is 134 Å². The van der Waals surface area contributed by atoms with Crippen molar-refractivity contribution in [2.24, 2.45) is 11.5 Å². The maximum Gasteiger partial charge on any atom is 0.192 e. The molecule has 0 saturated carbocycles. The summed E-state index contributed by atoms with van der Waals surface area (Å²) in [6.45, 7) is 11.4. The molecular formula is C14H32N2O5Si. The van der Waals surface area contributed by atoms with E-state index in [1.807, 2.05) is 0 Å². The van der Waals surface area contributed by atoms with Crippen LogP contribution in [0.1, 0.15) is 20.8 Å². The monoisotopic (exact) mass is 336 g/mol. The fraction of sp³-hybridized carbons (Fsp3) is 1.00. The Morgan fingerprint density at radius 2 is 1.77 bits per heavy atom. The van der Waals surface area contributed by atoms with Crippen LogP contribution in [-0.4, -0.2) is 68.9 Å². The summed E-state index contributed by atoms with van der Waals surface area (Å²) in [7, 11) is -1.97. The molecule has 0 amide bonds. The highest BCUT2D eigenvalue weighted by atomic mass is 28.4. The SMILES string of the molecule is CC(C)(C)[Si](C)(C)OC[C@H]1O[C@@H](OCCN)[C@H](N)[C@@H](O)[C@@H]1O. The number of aliphatic hydroxyl groups is 2. The van der Waals surface area contributed by atoms with Crippen LogP contribution in [0.3, 0.4) is 0 Å². The van der Waals surface area contributed by atoms with E-state index in [-0.39, 0.29) is 18.3 Å². The lowest BCUT2D eigenvalue weighted by Crippen LogP contribution is -2.63. The molecule has 132 valence electrons. The smallest absolute Gasteiger partial charge is 0.192 e. The molecule has 0 spiro atoms. The van der Waals surface area contributed by atoms with E-state index in [0.717, 1.165) is 0 Å². The second kappa shape index (κ2) is 7.67. The predicted octanol–water partition coefficient (Wildman–Crippen LogP) is -0.242. The largest absolute Gasteiger partial charge is 0.414 e. The molecule has 1 saturated heterocycles. The second-order valence-corrected chi connectivity index (χ2v) is 12.1. The van der Waals surface area contributed by atoms with Crippen molar-refractivity contribution in [2.45, 2.75) is 69.5 Å². The number of rotatable bonds is 6. The molecule has 1 aliphatic heterocycles. The summed E-state index contributed by atoms with van der Waals surface area (Å²) in [6, 6.07) is -0.814. The van der Waals surface area contributed by atoms with Crippen LogP contribution < -0.4 is 11.5 Å². The quantitative estimate of drug-likeness (QED) is 0.494. The highest BCUT2D eigenvalue weighted by molar-refractivity contribution is 6.74. The number of hydrogen-bond acceptors (Lipinski definition) is 7. The Morgan fingerprint density at radius 1 is 1.18 bits per heavy atom. The Hall–Kier alpha value is -0.0631. The summed E-state index contributed by atoms with van der Waals surface area (Å²) >= 11 is 0. The highest BCUT2D eigenvalue weighted by Gasteiger charge is 2.45. The minimum atomic E-state index is -1.97. The molecule has 22 heavy (non-hydrogen) atoms. The van der Waals surface area contributed by atoms with Gasteiger partial charge in [0.15, 0.2) is 14.6 Å². The Balaban J connectivity index is 2.68. The first-order valence-electron chi connectivity index (χ1n) is 7.74. The fourth-order valence-electron chi connectivity index (χ4n) is 1.93. The summed E-state index contributed by atoms with van der Waals surface area (Å²) in [5.41, 5.74) is 11.2. The van der Waals surface area contributed by atoms with Gasteiger partial charge in [-0.1, -0.05) is 20.8 Å². The number of ether oxygens (including phenoxy) is 2. The van der Waals surface area contributed by atoms with Crippen molar-refractivity contribution in [1.29, 1.82) is 0 Å². The molecule has 0 radical (unpaired) electrons. The van der Waals surface area contributed by atoms with Crippen LogP contribution in [0.2, 0.25) is 18.1 Å². The highest BCUT2D eigenvalue weighted by Crippen LogP contribution is 2.37. The lowest BCUT2D eigenvalue weighted by Gasteiger charge is -2.43. The van der Waals surface area contributed by atoms with E-state index in [1.54, 1.807) is 0 Å². The Morgan fingerprint density at radius 3 is 2.27 bits per heavy atom. The van der Waals surface area contributed by atoms with Crippen molar-refractivity contribution in [3.8, 4) is 0 Å². The van der Waals surface area contributed by atoms with Crippen molar-refractivity contribution < 1.29 is 24.1 Å². The van der Waals surface area contributed by atoms with E-state index in [1.165, 1.54) is 0 Å². The molecule has 0 unspecified atom stereocenters. The molecule has 0 aliphatic carbocycles. The lowest BCUT2D eigenvalue weighted by atomic mass is 9.98. The van der Waals surface area contributed by atoms with E-state index >= 15 is 0 Å². The zero-order valence-electron chi connectivity index (χ0n) is 14.3. The van der Waals surface area contributed by atoms with Gasteiger partial charge in [-0.2, -0.15) is 0 Å². The predicted molar refractivity (Wildman–Crippen MR) is 86.8 cm³/mol. The standard InChI is InChI=1S/C14H32N2O5Si/c1-14(2,3)22(4,5)20-8-9-11(17)12(18)10(16)13(21-9)19-7-6-15/h9-13,17-18H,6-8,15-16H2,1-5H3/t9-,10-,11-,12-,13-/m1/s1. The van der Waals surface area contributed by atoms with Crippen LogP contribution in [0.15, 0.2) is 0 Å². The van der Waals surface area contributed by atoms with E-state index in [4.69, 9.17) is 25.4 Å². The van der Waals surface area contributed by atoms with E-state index in [0.29, 0.717) is 6.54 Å². The molecule has 0 aromatic carbocycles. The topological polar surface area (TPSA) is 120 Å². The number of nitrogens with two attached hydrogens (primary N) is 2. The van der Waals surface area contributed by atoms with Crippen molar-refractivity contribution in [3.63, 3.8) is 0 Å². The van der Waals surface area contributed by atoms with Crippen LogP contribution in [0.25, 0.3) is 0 Å². The molecule has 7 nitrogen and oxygen atoms in total. The van der Waals surface area contributed by atoms with Crippen LogP contribution in [0, 0.1) is 0 Å². The summed E-state index contributed by atoms with van der Waals surface area (Å²) < 4.78 is 17.1. The van der Waals surface area contributed by atoms with E-state index < -0.39 is 39.0 Å². The van der Waals surface area contributed by atoms with Gasteiger partial charge in [-0.3, -0.25) is 0 Å². The average Bonchev–Trinajstić information content (AvgIpc) is 2.42. The fourth-order valence-corrected chi connectivity index (χ4v) is 2.95. The van der Waals surface area contributed by atoms with Gasteiger partial charge >= 0.3 is 0 Å². The Bertz CT molecular complexity index is 351. The van der Waals surface area contributed by atoms with Gasteiger partial charge in [0.2, 0.25) is 0 Å². The lowest BCUT2D eigenvalue weighted by molar-refractivity contribution is -0.263. The summed E-state index contributed by atoms with van der Waals surface area (Å²) in [5.74, 6) is 0. The summed E-state index contributed by atoms with van der Waals surface area (Å²) in [6.07, 6.45) is -3.69. The van der Waals surface area contributed by atoms with Crippen LogP contribution in [0.5, 0.6) is 0 Å². The molecule has 0 aromatic rings. The normalized spacial score (nSPS) is 34.0. The first-order valence-corrected chi connectivity index (χ1v) is 10.6. The Kier molecular flexibility index (Phi) is 6.97. The molecule has 1 rings (SSSR count). The van der Waals surface area contributed by atoms with Gasteiger partial charge < -0.3 is 35.6 Å². The van der Waals surface area contributed by atoms with E-state index in [9.17, 15) is 10.2 Å². The minimum absolute atomic E-state index is 0.0527. The molecule has 1 heterocycles. The first-order chi connectivity index (χ1) is 10.0. The van der Waals surface area contributed by atoms with Gasteiger partial charge in [0.1, 0.15) is 18.3 Å². The second-order valence-electron chi connectivity index (χ2n) is 7.33. The minimum Gasteiger partial charge on any atom is -0.414 e. The zero-order chi connectivity index (χ0) is 17.1. The van der Waals surface area contributed by atoms with Crippen molar-refractivity contribution in [3.05, 3.63) is 0 Å². The van der Waals surface area contributed by atoms with Crippen LogP contribution >= 0.6 is 0 Å². The maximum atomic E-state index is 10.2. The molecule has 8 heteroatoms. The van der Waals surface area contributed by atoms with Gasteiger partial charge in [0.05, 0.1) is 19.3 Å². The number of hydrogen-bond donors (Lipinski definition) is 4. The molecule has 1 fully saturated rings. The molecule has 0 bridgehead atoms. The van der Waals surface area contributed by atoms with Crippen LogP contribution in [0.4, 0.5) is 0 Å². The van der Waals surface area contributed by atoms with Crippen molar-refractivity contribution >= 4 is 8.32 Å². The van der Waals surface area contributed by atoms with Crippen molar-refractivity contribution in [1.82, 2.24) is 0 Å². The van der Waals surface area contributed by atoms with Gasteiger partial charge in [-0.25, -0.2) is 0 Å². The van der Waals surface area contributed by atoms with Crippen molar-refractivity contribution in [2.75, 3.05) is 19.8 Å². The molecule has 1 aliphatic rings. The number of aliphatic hydroxyl groups excluding tert-OH is 2. The molecule has 5 atom stereocenters. The summed E-state index contributed by atoms with van der Waals surface area (Å²) in [4.78, 5) is 0. The van der Waals surface area contributed by atoms with Crippen LogP contribution in [-0.2, 0) is 13.9 Å². The third kappa shape index (κ3) is 4.72. The van der Waals surface area contributed by atoms with Gasteiger partial charge in [0.25, 0.3) is 0 Å². The van der Waals surface area contributed by atoms with E-state index in [2.05, 4.69) is 33.9 Å². The molecule has 0 aromatic heterocycles. The first kappa shape index (κ1) is 20.0. The maximum absolute atomic E-state index is 10.2. The van der Waals surface area contributed by atoms with Gasteiger partial charge in [0, 0.05) is 6.54 Å². The molecule has 6 N–H and O–H groups in total. The van der Waals surface area contributed by atoms with Gasteiger partial charge in [-0.15, -0.1) is 0 Å². The molecular weight excluding hydrogens is 304 g/mol. The third-order valence-corrected chi connectivity index (χ3v) is 9.06. The average molecular weight is 337 g/mol. The third-order valence-electron chi connectivity index (χ3n) is 4.56. The summed E-state index contributed by atoms with van der Waals surface area (Å²) in [5, 5.41) is 20.3.